The lowest BCUT2D eigenvalue weighted by molar-refractivity contribution is 0.202. The Kier molecular flexibility index (Phi) is 17.1. The summed E-state index contributed by atoms with van der Waals surface area (Å²) < 4.78 is 4.88. The summed E-state index contributed by atoms with van der Waals surface area (Å²) >= 11 is 0. The zero-order valence-electron chi connectivity index (χ0n) is 14.5. The molecule has 2 nitrogen and oxygen atoms in total. The third-order valence-corrected chi connectivity index (χ3v) is 4.31. The third-order valence-electron chi connectivity index (χ3n) is 4.31. The van der Waals surface area contributed by atoms with E-state index in [-0.39, 0.29) is 0 Å². The van der Waals surface area contributed by atoms with Gasteiger partial charge in [0.2, 0.25) is 0 Å². The molecule has 1 unspecified atom stereocenters. The predicted molar refractivity (Wildman–Crippen MR) is 91.1 cm³/mol. The quantitative estimate of drug-likeness (QED) is 0.299. The molecule has 0 aromatic heterocycles. The van der Waals surface area contributed by atoms with Crippen LogP contribution in [0.1, 0.15) is 104 Å². The van der Waals surface area contributed by atoms with Gasteiger partial charge < -0.3 is 4.74 Å². The number of rotatable bonds is 17. The molecule has 0 rings (SSSR count). The molecule has 1 atom stereocenters. The van der Waals surface area contributed by atoms with E-state index in [0.29, 0.717) is 12.5 Å². The minimum atomic E-state index is 0.559. The molecule has 0 spiro atoms. The highest BCUT2D eigenvalue weighted by atomic mass is 16.5. The Morgan fingerprint density at radius 1 is 0.714 bits per heavy atom. The molecule has 0 aromatic carbocycles. The number of unbranched alkanes of at least 4 members (excludes halogenated alkanes) is 10. The topological polar surface area (TPSA) is 26.3 Å². The van der Waals surface area contributed by atoms with E-state index in [1.54, 1.807) is 6.47 Å². The Morgan fingerprint density at radius 2 is 1.14 bits per heavy atom. The van der Waals surface area contributed by atoms with E-state index in [9.17, 15) is 4.79 Å². The number of ether oxygens (including phenoxy) is 1. The normalized spacial score (nSPS) is 12.3. The second-order valence-corrected chi connectivity index (χ2v) is 6.37. The van der Waals surface area contributed by atoms with Gasteiger partial charge in [-0.15, -0.1) is 0 Å². The van der Waals surface area contributed by atoms with Crippen LogP contribution in [0.15, 0.2) is 0 Å². The number of carbonyl (C=O) groups excluding carboxylic acids is 1. The van der Waals surface area contributed by atoms with E-state index in [0.717, 1.165) is 0 Å². The van der Waals surface area contributed by atoms with Crippen molar-refractivity contribution in [3.05, 3.63) is 0 Å². The molecule has 1 radical (unpaired) electrons. The van der Waals surface area contributed by atoms with Crippen molar-refractivity contribution < 1.29 is 9.53 Å². The maximum atomic E-state index is 10.3. The van der Waals surface area contributed by atoms with Crippen LogP contribution < -0.4 is 0 Å². The summed E-state index contributed by atoms with van der Waals surface area (Å²) in [4.78, 5) is 10.3. The van der Waals surface area contributed by atoms with E-state index in [4.69, 9.17) is 4.74 Å². The van der Waals surface area contributed by atoms with Crippen LogP contribution in [0.5, 0.6) is 0 Å². The molecule has 2 heteroatoms. The van der Waals surface area contributed by atoms with Gasteiger partial charge in [-0.3, -0.25) is 0 Å². The van der Waals surface area contributed by atoms with Crippen LogP contribution in [-0.4, -0.2) is 13.1 Å². The van der Waals surface area contributed by atoms with Gasteiger partial charge in [-0.2, -0.15) is 0 Å². The van der Waals surface area contributed by atoms with Crippen LogP contribution >= 0.6 is 0 Å². The molecule has 0 aliphatic carbocycles. The second-order valence-electron chi connectivity index (χ2n) is 6.37. The summed E-state index contributed by atoms with van der Waals surface area (Å²) in [6, 6.07) is 0. The summed E-state index contributed by atoms with van der Waals surface area (Å²) in [5.41, 5.74) is 0. The van der Waals surface area contributed by atoms with Gasteiger partial charge in [0.25, 0.3) is 0 Å². The van der Waals surface area contributed by atoms with Crippen LogP contribution in [0.3, 0.4) is 0 Å². The van der Waals surface area contributed by atoms with Crippen molar-refractivity contribution in [2.75, 3.05) is 6.61 Å². The average Bonchev–Trinajstić information content (AvgIpc) is 2.50. The van der Waals surface area contributed by atoms with Crippen molar-refractivity contribution in [1.82, 2.24) is 0 Å². The van der Waals surface area contributed by atoms with Crippen LogP contribution in [0.4, 0.5) is 0 Å². The van der Waals surface area contributed by atoms with Gasteiger partial charge in [-0.25, -0.2) is 4.79 Å². The molecule has 0 saturated carbocycles. The summed E-state index contributed by atoms with van der Waals surface area (Å²) in [5, 5.41) is 0. The standard InChI is InChI=1S/C19H37O2/c1-3-5-7-9-10-12-14-16-19(17-21-18-20)15-13-11-8-6-4-2/h19H,3-17H2,1-2H3. The van der Waals surface area contributed by atoms with Gasteiger partial charge in [-0.05, 0) is 18.8 Å². The summed E-state index contributed by atoms with van der Waals surface area (Å²) in [6.45, 7) is 6.67. The highest BCUT2D eigenvalue weighted by Crippen LogP contribution is 2.19. The first kappa shape index (κ1) is 20.5. The Labute approximate surface area is 133 Å². The highest BCUT2D eigenvalue weighted by Gasteiger charge is 2.09. The molecule has 0 aliphatic heterocycles. The van der Waals surface area contributed by atoms with Gasteiger partial charge in [0.05, 0.1) is 6.61 Å². The van der Waals surface area contributed by atoms with Crippen LogP contribution in [0, 0.1) is 5.92 Å². The first-order valence-electron chi connectivity index (χ1n) is 9.34. The van der Waals surface area contributed by atoms with Gasteiger partial charge >= 0.3 is 6.47 Å². The van der Waals surface area contributed by atoms with Crippen LogP contribution in [0.25, 0.3) is 0 Å². The maximum absolute atomic E-state index is 10.3. The fraction of sp³-hybridized carbons (Fsp3) is 0.947. The lowest BCUT2D eigenvalue weighted by Crippen LogP contribution is -2.09. The van der Waals surface area contributed by atoms with Crippen molar-refractivity contribution >= 4 is 6.47 Å². The average molecular weight is 298 g/mol. The van der Waals surface area contributed by atoms with E-state index in [2.05, 4.69) is 13.8 Å². The van der Waals surface area contributed by atoms with Crippen LogP contribution in [0.2, 0.25) is 0 Å². The first-order valence-corrected chi connectivity index (χ1v) is 9.34. The summed E-state index contributed by atoms with van der Waals surface area (Å²) in [6.07, 6.45) is 18.5. The molecule has 0 aliphatic rings. The molecule has 0 saturated heterocycles. The third kappa shape index (κ3) is 15.7. The molecule has 0 heterocycles. The van der Waals surface area contributed by atoms with Gasteiger partial charge in [-0.1, -0.05) is 90.9 Å². The minimum Gasteiger partial charge on any atom is -0.457 e. The van der Waals surface area contributed by atoms with Crippen molar-refractivity contribution in [2.24, 2.45) is 5.92 Å². The fourth-order valence-electron chi connectivity index (χ4n) is 2.89. The summed E-state index contributed by atoms with van der Waals surface area (Å²) in [7, 11) is 0. The Balaban J connectivity index is 3.57. The maximum Gasteiger partial charge on any atom is 0.417 e. The molecule has 0 fully saturated rings. The Bertz CT molecular complexity index is 204. The molecule has 125 valence electrons. The molecule has 21 heavy (non-hydrogen) atoms. The number of hydrogen-bond donors (Lipinski definition) is 0. The van der Waals surface area contributed by atoms with E-state index in [1.165, 1.54) is 89.9 Å². The zero-order chi connectivity index (χ0) is 15.6. The van der Waals surface area contributed by atoms with Crippen molar-refractivity contribution in [3.8, 4) is 0 Å². The van der Waals surface area contributed by atoms with Crippen molar-refractivity contribution in [3.63, 3.8) is 0 Å². The lowest BCUT2D eigenvalue weighted by atomic mass is 9.95. The second kappa shape index (κ2) is 17.5. The molecular formula is C19H37O2. The van der Waals surface area contributed by atoms with E-state index in [1.807, 2.05) is 0 Å². The monoisotopic (exact) mass is 297 g/mol. The molecular weight excluding hydrogens is 260 g/mol. The fourth-order valence-corrected chi connectivity index (χ4v) is 2.89. The van der Waals surface area contributed by atoms with Gasteiger partial charge in [0.15, 0.2) is 0 Å². The van der Waals surface area contributed by atoms with Crippen molar-refractivity contribution in [2.45, 2.75) is 104 Å². The molecule has 0 N–H and O–H groups in total. The number of hydrogen-bond acceptors (Lipinski definition) is 2. The lowest BCUT2D eigenvalue weighted by Gasteiger charge is -2.15. The van der Waals surface area contributed by atoms with Crippen LogP contribution in [-0.2, 0) is 9.53 Å². The Morgan fingerprint density at radius 3 is 1.57 bits per heavy atom. The largest absolute Gasteiger partial charge is 0.457 e. The molecule has 0 aromatic rings. The SMILES string of the molecule is CCCCCCCCCC(CCCCCCC)CO[C]=O. The van der Waals surface area contributed by atoms with Gasteiger partial charge in [0, 0.05) is 0 Å². The van der Waals surface area contributed by atoms with E-state index >= 15 is 0 Å². The molecule has 0 amide bonds. The first-order chi connectivity index (χ1) is 10.3. The van der Waals surface area contributed by atoms with E-state index < -0.39 is 0 Å². The molecule has 0 bridgehead atoms. The predicted octanol–water partition coefficient (Wildman–Crippen LogP) is 6.19. The zero-order valence-corrected chi connectivity index (χ0v) is 14.5. The smallest absolute Gasteiger partial charge is 0.417 e. The minimum absolute atomic E-state index is 0.559. The van der Waals surface area contributed by atoms with Gasteiger partial charge in [0.1, 0.15) is 0 Å². The summed E-state index contributed by atoms with van der Waals surface area (Å²) in [5.74, 6) is 0.559. The Hall–Kier alpha value is -0.530. The highest BCUT2D eigenvalue weighted by molar-refractivity contribution is 5.38. The van der Waals surface area contributed by atoms with Crippen molar-refractivity contribution in [1.29, 1.82) is 0 Å².